The number of carbonyl (C=O) groups is 2. The molecule has 3 rings (SSSR count). The summed E-state index contributed by atoms with van der Waals surface area (Å²) in [4.78, 5) is 31.4. The number of pyridine rings is 1. The van der Waals surface area contributed by atoms with E-state index in [-0.39, 0.29) is 23.4 Å². The number of rotatable bonds is 4. The molecule has 2 heterocycles. The summed E-state index contributed by atoms with van der Waals surface area (Å²) in [6.45, 7) is 0.635. The smallest absolute Gasteiger partial charge is 0.254 e. The Labute approximate surface area is 153 Å². The van der Waals surface area contributed by atoms with Crippen molar-refractivity contribution in [1.29, 1.82) is 5.26 Å². The molecule has 0 aliphatic carbocycles. The minimum absolute atomic E-state index is 0.0581. The number of nitriles is 1. The molecule has 1 amide bonds. The molecular formula is C21H21N3O2. The first kappa shape index (κ1) is 17.8. The van der Waals surface area contributed by atoms with Crippen LogP contribution in [0.4, 0.5) is 0 Å². The molecule has 1 aromatic heterocycles. The molecule has 0 N–H and O–H groups in total. The van der Waals surface area contributed by atoms with Gasteiger partial charge in [-0.25, -0.2) is 4.98 Å². The molecule has 1 aliphatic heterocycles. The van der Waals surface area contributed by atoms with Gasteiger partial charge >= 0.3 is 0 Å². The van der Waals surface area contributed by atoms with E-state index in [0.717, 1.165) is 25.7 Å². The average Bonchev–Trinajstić information content (AvgIpc) is 2.93. The summed E-state index contributed by atoms with van der Waals surface area (Å²) in [6.07, 6.45) is 5.62. The highest BCUT2D eigenvalue weighted by atomic mass is 16.2. The van der Waals surface area contributed by atoms with Crippen molar-refractivity contribution in [2.75, 3.05) is 6.54 Å². The molecule has 5 nitrogen and oxygen atoms in total. The van der Waals surface area contributed by atoms with Gasteiger partial charge in [0.2, 0.25) is 0 Å². The predicted molar refractivity (Wildman–Crippen MR) is 97.6 cm³/mol. The van der Waals surface area contributed by atoms with Crippen molar-refractivity contribution >= 4 is 11.7 Å². The van der Waals surface area contributed by atoms with Crippen LogP contribution < -0.4 is 0 Å². The molecule has 1 aromatic carbocycles. The highest BCUT2D eigenvalue weighted by Gasteiger charge is 2.28. The number of amides is 1. The molecule has 0 saturated carbocycles. The van der Waals surface area contributed by atoms with E-state index >= 15 is 0 Å². The summed E-state index contributed by atoms with van der Waals surface area (Å²) in [6, 6.07) is 14.2. The maximum atomic E-state index is 13.0. The Morgan fingerprint density at radius 1 is 1.12 bits per heavy atom. The van der Waals surface area contributed by atoms with Crippen molar-refractivity contribution in [3.8, 4) is 6.07 Å². The molecule has 26 heavy (non-hydrogen) atoms. The van der Waals surface area contributed by atoms with Gasteiger partial charge in [0, 0.05) is 36.3 Å². The number of hydrogen-bond donors (Lipinski definition) is 0. The number of nitrogens with zero attached hydrogens (tertiary/aromatic N) is 3. The Kier molecular flexibility index (Phi) is 5.75. The summed E-state index contributed by atoms with van der Waals surface area (Å²) >= 11 is 0. The number of aromatic nitrogens is 1. The molecule has 1 unspecified atom stereocenters. The first-order chi connectivity index (χ1) is 12.7. The van der Waals surface area contributed by atoms with Crippen LogP contribution in [0, 0.1) is 11.3 Å². The summed E-state index contributed by atoms with van der Waals surface area (Å²) in [5.74, 6) is -0.0700. The number of Topliss-reactive ketones (excluding diaryl/α,β-unsaturated/α-hetero) is 1. The van der Waals surface area contributed by atoms with Crippen molar-refractivity contribution in [2.24, 2.45) is 0 Å². The molecular weight excluding hydrogens is 326 g/mol. The van der Waals surface area contributed by atoms with E-state index in [4.69, 9.17) is 5.26 Å². The van der Waals surface area contributed by atoms with Crippen LogP contribution in [0.25, 0.3) is 0 Å². The minimum atomic E-state index is -0.128. The Hall–Kier alpha value is -3.00. The lowest BCUT2D eigenvalue weighted by Crippen LogP contribution is -2.41. The largest absolute Gasteiger partial charge is 0.335 e. The van der Waals surface area contributed by atoms with Crippen LogP contribution in [-0.4, -0.2) is 34.2 Å². The van der Waals surface area contributed by atoms with Gasteiger partial charge in [-0.2, -0.15) is 5.26 Å². The van der Waals surface area contributed by atoms with Crippen LogP contribution in [0.5, 0.6) is 0 Å². The lowest BCUT2D eigenvalue weighted by molar-refractivity contribution is 0.0659. The van der Waals surface area contributed by atoms with Gasteiger partial charge in [0.25, 0.3) is 5.91 Å². The molecule has 5 heteroatoms. The van der Waals surface area contributed by atoms with Gasteiger partial charge in [-0.15, -0.1) is 0 Å². The highest BCUT2D eigenvalue weighted by molar-refractivity contribution is 5.98. The summed E-state index contributed by atoms with van der Waals surface area (Å²) in [7, 11) is 0. The molecule has 2 aromatic rings. The summed E-state index contributed by atoms with van der Waals surface area (Å²) < 4.78 is 0. The third-order valence-electron chi connectivity index (χ3n) is 4.78. The van der Waals surface area contributed by atoms with Crippen molar-refractivity contribution < 1.29 is 9.59 Å². The van der Waals surface area contributed by atoms with E-state index in [1.54, 1.807) is 6.07 Å². The molecule has 132 valence electrons. The number of hydrogen-bond acceptors (Lipinski definition) is 4. The van der Waals surface area contributed by atoms with E-state index in [1.165, 1.54) is 12.3 Å². The van der Waals surface area contributed by atoms with Crippen LogP contribution in [0.15, 0.2) is 48.7 Å². The first-order valence-corrected chi connectivity index (χ1v) is 8.94. The van der Waals surface area contributed by atoms with Gasteiger partial charge in [0.1, 0.15) is 11.8 Å². The minimum Gasteiger partial charge on any atom is -0.335 e. The Morgan fingerprint density at radius 3 is 2.69 bits per heavy atom. The highest BCUT2D eigenvalue weighted by Crippen LogP contribution is 2.23. The molecule has 1 aliphatic rings. The Balaban J connectivity index is 1.81. The predicted octanol–water partition coefficient (Wildman–Crippen LogP) is 3.61. The van der Waals surface area contributed by atoms with Gasteiger partial charge in [0.15, 0.2) is 5.78 Å². The molecule has 0 radical (unpaired) electrons. The van der Waals surface area contributed by atoms with Crippen LogP contribution in [0.1, 0.15) is 58.5 Å². The zero-order chi connectivity index (χ0) is 18.4. The number of likely N-dealkylation sites (tertiary alicyclic amines) is 1. The SMILES string of the molecule is N#Cc1cc(C(=O)N2CCCCCC2CC(=O)c2ccccc2)ccn1. The van der Waals surface area contributed by atoms with Crippen molar-refractivity contribution in [3.63, 3.8) is 0 Å². The second-order valence-electron chi connectivity index (χ2n) is 6.54. The second kappa shape index (κ2) is 8.39. The normalized spacial score (nSPS) is 17.2. The van der Waals surface area contributed by atoms with E-state index in [0.29, 0.717) is 24.1 Å². The average molecular weight is 347 g/mol. The molecule has 1 atom stereocenters. The van der Waals surface area contributed by atoms with Crippen LogP contribution in [0.3, 0.4) is 0 Å². The van der Waals surface area contributed by atoms with Crippen molar-refractivity contribution in [1.82, 2.24) is 9.88 Å². The van der Waals surface area contributed by atoms with Crippen molar-refractivity contribution in [3.05, 3.63) is 65.5 Å². The van der Waals surface area contributed by atoms with E-state index in [9.17, 15) is 9.59 Å². The standard InChI is InChI=1S/C21H21N3O2/c22-15-18-13-17(10-11-23-18)21(26)24-12-6-2-5-9-19(24)14-20(25)16-7-3-1-4-8-16/h1,3-4,7-8,10-11,13,19H,2,5-6,9,12,14H2. The van der Waals surface area contributed by atoms with Gasteiger partial charge in [-0.05, 0) is 25.0 Å². The Morgan fingerprint density at radius 2 is 1.92 bits per heavy atom. The lowest BCUT2D eigenvalue weighted by atomic mass is 9.99. The molecule has 0 spiro atoms. The maximum Gasteiger partial charge on any atom is 0.254 e. The topological polar surface area (TPSA) is 74.1 Å². The Bertz CT molecular complexity index is 827. The number of ketones is 1. The second-order valence-corrected chi connectivity index (χ2v) is 6.54. The lowest BCUT2D eigenvalue weighted by Gasteiger charge is -2.30. The molecule has 0 bridgehead atoms. The quantitative estimate of drug-likeness (QED) is 0.792. The van der Waals surface area contributed by atoms with E-state index in [2.05, 4.69) is 4.98 Å². The van der Waals surface area contributed by atoms with E-state index < -0.39 is 0 Å². The van der Waals surface area contributed by atoms with Crippen LogP contribution in [0.2, 0.25) is 0 Å². The van der Waals surface area contributed by atoms with Gasteiger partial charge in [-0.1, -0.05) is 43.2 Å². The number of carbonyl (C=O) groups excluding carboxylic acids is 2. The third kappa shape index (κ3) is 4.15. The fraction of sp³-hybridized carbons (Fsp3) is 0.333. The summed E-state index contributed by atoms with van der Waals surface area (Å²) in [5, 5.41) is 9.01. The number of benzene rings is 1. The van der Waals surface area contributed by atoms with Gasteiger partial charge in [0.05, 0.1) is 0 Å². The van der Waals surface area contributed by atoms with Gasteiger partial charge < -0.3 is 4.90 Å². The molecule has 1 saturated heterocycles. The zero-order valence-electron chi connectivity index (χ0n) is 14.6. The van der Waals surface area contributed by atoms with Crippen molar-refractivity contribution in [2.45, 2.75) is 38.1 Å². The molecule has 1 fully saturated rings. The summed E-state index contributed by atoms with van der Waals surface area (Å²) in [5.41, 5.74) is 1.36. The zero-order valence-corrected chi connectivity index (χ0v) is 14.6. The third-order valence-corrected chi connectivity index (χ3v) is 4.78. The van der Waals surface area contributed by atoms with Crippen LogP contribution >= 0.6 is 0 Å². The van der Waals surface area contributed by atoms with E-state index in [1.807, 2.05) is 41.3 Å². The fourth-order valence-electron chi connectivity index (χ4n) is 3.40. The fourth-order valence-corrected chi connectivity index (χ4v) is 3.40. The van der Waals surface area contributed by atoms with Gasteiger partial charge in [-0.3, -0.25) is 9.59 Å². The maximum absolute atomic E-state index is 13.0. The first-order valence-electron chi connectivity index (χ1n) is 8.94. The monoisotopic (exact) mass is 347 g/mol. The van der Waals surface area contributed by atoms with Crippen LogP contribution in [-0.2, 0) is 0 Å².